The van der Waals surface area contributed by atoms with Gasteiger partial charge in [-0.3, -0.25) is 9.59 Å². The van der Waals surface area contributed by atoms with Crippen molar-refractivity contribution in [3.8, 4) is 28.4 Å². The maximum Gasteiger partial charge on any atom is 0.303 e. The Kier molecular flexibility index (Phi) is 11.9. The van der Waals surface area contributed by atoms with E-state index in [0.29, 0.717) is 50.5 Å². The Balaban J connectivity index is 1.80. The summed E-state index contributed by atoms with van der Waals surface area (Å²) in [6.45, 7) is 5.61. The highest BCUT2D eigenvalue weighted by atomic mass is 16.5. The first-order chi connectivity index (χ1) is 19.3. The van der Waals surface area contributed by atoms with Crippen LogP contribution in [0.25, 0.3) is 11.1 Å². The van der Waals surface area contributed by atoms with Crippen LogP contribution in [-0.4, -0.2) is 49.3 Å². The molecule has 0 bridgehead atoms. The van der Waals surface area contributed by atoms with Crippen molar-refractivity contribution in [2.24, 2.45) is 0 Å². The number of methoxy groups -OCH3 is 1. The molecule has 0 saturated heterocycles. The van der Waals surface area contributed by atoms with Crippen LogP contribution >= 0.6 is 0 Å². The molecule has 3 aromatic rings. The SMILES string of the molecule is CCCOc1cc(-c2cccc(CN(C)C(=O)CCc3cccc(OC)c3)c2)cc(OCCC)c1CCC(=O)O. The van der Waals surface area contributed by atoms with Gasteiger partial charge in [-0.25, -0.2) is 0 Å². The van der Waals surface area contributed by atoms with E-state index in [1.54, 1.807) is 12.0 Å². The molecule has 0 saturated carbocycles. The summed E-state index contributed by atoms with van der Waals surface area (Å²) in [6.07, 6.45) is 3.06. The summed E-state index contributed by atoms with van der Waals surface area (Å²) in [6, 6.07) is 19.8. The average molecular weight is 548 g/mol. The van der Waals surface area contributed by atoms with Gasteiger partial charge in [0.05, 0.1) is 20.3 Å². The highest BCUT2D eigenvalue weighted by molar-refractivity contribution is 5.76. The number of nitrogens with zero attached hydrogens (tertiary/aromatic N) is 1. The summed E-state index contributed by atoms with van der Waals surface area (Å²) in [5.74, 6) is 1.31. The number of carbonyl (C=O) groups excluding carboxylic acids is 1. The molecule has 0 aromatic heterocycles. The number of carboxylic acids is 1. The molecule has 0 aliphatic carbocycles. The molecule has 0 atom stereocenters. The molecule has 3 rings (SSSR count). The summed E-state index contributed by atoms with van der Waals surface area (Å²) in [5.41, 5.74) is 4.76. The number of benzene rings is 3. The summed E-state index contributed by atoms with van der Waals surface area (Å²) >= 11 is 0. The Morgan fingerprint density at radius 2 is 1.45 bits per heavy atom. The number of aryl methyl sites for hydroxylation is 1. The maximum atomic E-state index is 12.9. The van der Waals surface area contributed by atoms with Crippen LogP contribution < -0.4 is 14.2 Å². The second-order valence-electron chi connectivity index (χ2n) is 9.84. The number of amides is 1. The van der Waals surface area contributed by atoms with Crippen LogP contribution in [0.5, 0.6) is 17.2 Å². The molecule has 1 N–H and O–H groups in total. The van der Waals surface area contributed by atoms with Gasteiger partial charge in [0.15, 0.2) is 0 Å². The van der Waals surface area contributed by atoms with E-state index in [0.717, 1.165) is 46.4 Å². The van der Waals surface area contributed by atoms with Crippen molar-refractivity contribution in [1.29, 1.82) is 0 Å². The number of aliphatic carboxylic acids is 1. The molecule has 214 valence electrons. The van der Waals surface area contributed by atoms with E-state index < -0.39 is 5.97 Å². The summed E-state index contributed by atoms with van der Waals surface area (Å²) in [4.78, 5) is 25.9. The monoisotopic (exact) mass is 547 g/mol. The van der Waals surface area contributed by atoms with Crippen LogP contribution in [0.2, 0.25) is 0 Å². The van der Waals surface area contributed by atoms with Gasteiger partial charge in [0.1, 0.15) is 17.2 Å². The van der Waals surface area contributed by atoms with Gasteiger partial charge in [0, 0.05) is 32.0 Å². The van der Waals surface area contributed by atoms with Crippen molar-refractivity contribution >= 4 is 11.9 Å². The molecule has 0 aliphatic heterocycles. The van der Waals surface area contributed by atoms with E-state index in [1.807, 2.05) is 75.5 Å². The van der Waals surface area contributed by atoms with E-state index in [-0.39, 0.29) is 12.3 Å². The zero-order valence-corrected chi connectivity index (χ0v) is 24.1. The lowest BCUT2D eigenvalue weighted by atomic mass is 9.98. The minimum atomic E-state index is -0.859. The highest BCUT2D eigenvalue weighted by Gasteiger charge is 2.17. The molecular formula is C33H41NO6. The lowest BCUT2D eigenvalue weighted by Crippen LogP contribution is -2.26. The fourth-order valence-electron chi connectivity index (χ4n) is 4.43. The fourth-order valence-corrected chi connectivity index (χ4v) is 4.43. The molecule has 0 spiro atoms. The van der Waals surface area contributed by atoms with Gasteiger partial charge in [-0.15, -0.1) is 0 Å². The minimum absolute atomic E-state index is 0.00200. The Morgan fingerprint density at radius 1 is 0.800 bits per heavy atom. The molecule has 0 radical (unpaired) electrons. The van der Waals surface area contributed by atoms with E-state index in [4.69, 9.17) is 14.2 Å². The summed E-state index contributed by atoms with van der Waals surface area (Å²) < 4.78 is 17.4. The first-order valence-electron chi connectivity index (χ1n) is 13.9. The number of rotatable bonds is 16. The predicted octanol–water partition coefficient (Wildman–Crippen LogP) is 6.55. The minimum Gasteiger partial charge on any atom is -0.497 e. The van der Waals surface area contributed by atoms with E-state index >= 15 is 0 Å². The van der Waals surface area contributed by atoms with Crippen molar-refractivity contribution < 1.29 is 28.9 Å². The van der Waals surface area contributed by atoms with Gasteiger partial charge >= 0.3 is 5.97 Å². The number of ether oxygens (including phenoxy) is 3. The van der Waals surface area contributed by atoms with Crippen LogP contribution in [0.4, 0.5) is 0 Å². The lowest BCUT2D eigenvalue weighted by molar-refractivity contribution is -0.137. The quantitative estimate of drug-likeness (QED) is 0.219. The van der Waals surface area contributed by atoms with Crippen molar-refractivity contribution in [3.63, 3.8) is 0 Å². The third kappa shape index (κ3) is 9.04. The number of carboxylic acid groups (broad SMARTS) is 1. The molecule has 0 heterocycles. The van der Waals surface area contributed by atoms with Crippen LogP contribution in [0.15, 0.2) is 60.7 Å². The van der Waals surface area contributed by atoms with Gasteiger partial charge in [0.2, 0.25) is 5.91 Å². The van der Waals surface area contributed by atoms with E-state index in [9.17, 15) is 14.7 Å². The zero-order valence-electron chi connectivity index (χ0n) is 24.1. The molecule has 3 aromatic carbocycles. The first kappa shape index (κ1) is 30.5. The number of carbonyl (C=O) groups is 2. The smallest absolute Gasteiger partial charge is 0.303 e. The molecule has 1 amide bonds. The zero-order chi connectivity index (χ0) is 28.9. The number of hydrogen-bond acceptors (Lipinski definition) is 5. The number of hydrogen-bond donors (Lipinski definition) is 1. The third-order valence-electron chi connectivity index (χ3n) is 6.55. The lowest BCUT2D eigenvalue weighted by Gasteiger charge is -2.19. The Hall–Kier alpha value is -4.00. The van der Waals surface area contributed by atoms with Crippen LogP contribution in [0, 0.1) is 0 Å². The maximum absolute atomic E-state index is 12.9. The standard InChI is InChI=1S/C33H41NO6/c1-5-17-39-30-21-27(22-31(40-18-6-2)29(30)14-16-33(36)37)26-11-7-10-25(19-26)23-34(3)32(35)15-13-24-9-8-12-28(20-24)38-4/h7-12,19-22H,5-6,13-18,23H2,1-4H3,(H,36,37). The van der Waals surface area contributed by atoms with E-state index in [2.05, 4.69) is 6.07 Å². The van der Waals surface area contributed by atoms with Crippen molar-refractivity contribution in [2.45, 2.75) is 58.9 Å². The van der Waals surface area contributed by atoms with Crippen molar-refractivity contribution in [2.75, 3.05) is 27.4 Å². The summed E-state index contributed by atoms with van der Waals surface area (Å²) in [7, 11) is 3.46. The molecule has 7 heteroatoms. The average Bonchev–Trinajstić information content (AvgIpc) is 2.96. The third-order valence-corrected chi connectivity index (χ3v) is 6.55. The molecule has 7 nitrogen and oxygen atoms in total. The van der Waals surface area contributed by atoms with Crippen molar-refractivity contribution in [1.82, 2.24) is 4.90 Å². The topological polar surface area (TPSA) is 85.3 Å². The molecular weight excluding hydrogens is 506 g/mol. The van der Waals surface area contributed by atoms with Crippen molar-refractivity contribution in [3.05, 3.63) is 77.4 Å². The van der Waals surface area contributed by atoms with Gasteiger partial charge in [-0.2, -0.15) is 0 Å². The molecule has 0 fully saturated rings. The summed E-state index contributed by atoms with van der Waals surface area (Å²) in [5, 5.41) is 9.28. The van der Waals surface area contributed by atoms with Gasteiger partial charge in [0.25, 0.3) is 0 Å². The normalized spacial score (nSPS) is 10.7. The second kappa shape index (κ2) is 15.6. The van der Waals surface area contributed by atoms with E-state index in [1.165, 1.54) is 0 Å². The first-order valence-corrected chi connectivity index (χ1v) is 13.9. The van der Waals surface area contributed by atoms with Gasteiger partial charge < -0.3 is 24.2 Å². The highest BCUT2D eigenvalue weighted by Crippen LogP contribution is 2.37. The Labute approximate surface area is 237 Å². The van der Waals surface area contributed by atoms with Crippen LogP contribution in [-0.2, 0) is 29.0 Å². The van der Waals surface area contributed by atoms with Crippen LogP contribution in [0.3, 0.4) is 0 Å². The Bertz CT molecular complexity index is 1240. The molecule has 0 unspecified atom stereocenters. The van der Waals surface area contributed by atoms with Crippen LogP contribution in [0.1, 0.15) is 56.2 Å². The second-order valence-corrected chi connectivity index (χ2v) is 9.84. The fraction of sp³-hybridized carbons (Fsp3) is 0.394. The van der Waals surface area contributed by atoms with Gasteiger partial charge in [-0.05, 0) is 78.3 Å². The Morgan fingerprint density at radius 3 is 2.08 bits per heavy atom. The largest absolute Gasteiger partial charge is 0.497 e. The molecule has 0 aliphatic rings. The predicted molar refractivity (Wildman–Crippen MR) is 157 cm³/mol. The molecule has 40 heavy (non-hydrogen) atoms. The van der Waals surface area contributed by atoms with Gasteiger partial charge in [-0.1, -0.05) is 44.2 Å².